The van der Waals surface area contributed by atoms with Crippen molar-refractivity contribution in [3.63, 3.8) is 0 Å². The van der Waals surface area contributed by atoms with Crippen molar-refractivity contribution in [2.45, 2.75) is 0 Å². The van der Waals surface area contributed by atoms with Gasteiger partial charge in [0.25, 0.3) is 11.8 Å². The number of rotatable bonds is 9. The second-order valence-electron chi connectivity index (χ2n) is 6.62. The van der Waals surface area contributed by atoms with Crippen molar-refractivity contribution in [2.24, 2.45) is 0 Å². The predicted molar refractivity (Wildman–Crippen MR) is 122 cm³/mol. The molecule has 0 saturated heterocycles. The van der Waals surface area contributed by atoms with Crippen LogP contribution in [-0.4, -0.2) is 40.3 Å². The molecule has 172 valence electrons. The summed E-state index contributed by atoms with van der Waals surface area (Å²) in [5, 5.41) is 5.36. The smallest absolute Gasteiger partial charge is 0.272 e. The van der Waals surface area contributed by atoms with Crippen LogP contribution < -0.4 is 29.6 Å². The van der Waals surface area contributed by atoms with Crippen molar-refractivity contribution < 1.29 is 33.0 Å². The Morgan fingerprint density at radius 1 is 0.848 bits per heavy atom. The molecule has 0 fully saturated rings. The van der Waals surface area contributed by atoms with Crippen LogP contribution in [0.4, 0.5) is 5.69 Å². The molecule has 0 aliphatic rings. The van der Waals surface area contributed by atoms with Crippen LogP contribution in [0.5, 0.6) is 23.0 Å². The molecule has 0 aliphatic carbocycles. The summed E-state index contributed by atoms with van der Waals surface area (Å²) in [5.41, 5.74) is 0.590. The highest BCUT2D eigenvalue weighted by atomic mass is 16.5. The molecule has 0 aliphatic heterocycles. The maximum atomic E-state index is 13.1. The summed E-state index contributed by atoms with van der Waals surface area (Å²) in [6.45, 7) is 0. The highest BCUT2D eigenvalue weighted by molar-refractivity contribution is 6.11. The molecule has 3 aromatic rings. The number of benzene rings is 2. The fraction of sp³-hybridized carbons (Fsp3) is 0.167. The van der Waals surface area contributed by atoms with E-state index >= 15 is 0 Å². The van der Waals surface area contributed by atoms with E-state index in [1.807, 2.05) is 0 Å². The van der Waals surface area contributed by atoms with E-state index in [0.29, 0.717) is 34.4 Å². The van der Waals surface area contributed by atoms with E-state index in [-0.39, 0.29) is 11.3 Å². The van der Waals surface area contributed by atoms with Gasteiger partial charge < -0.3 is 34.0 Å². The van der Waals surface area contributed by atoms with Gasteiger partial charge in [-0.05, 0) is 42.5 Å². The van der Waals surface area contributed by atoms with Crippen LogP contribution in [0, 0.1) is 0 Å². The lowest BCUT2D eigenvalue weighted by Crippen LogP contribution is -2.30. The van der Waals surface area contributed by atoms with Gasteiger partial charge in [-0.2, -0.15) is 0 Å². The van der Waals surface area contributed by atoms with E-state index in [0.717, 1.165) is 0 Å². The third-order valence-corrected chi connectivity index (χ3v) is 4.62. The number of ether oxygens (including phenoxy) is 4. The van der Waals surface area contributed by atoms with Crippen molar-refractivity contribution in [3.05, 3.63) is 71.8 Å². The predicted octanol–water partition coefficient (Wildman–Crippen LogP) is 3.72. The maximum absolute atomic E-state index is 13.1. The molecular weight excluding hydrogens is 428 g/mol. The van der Waals surface area contributed by atoms with Crippen LogP contribution in [0.25, 0.3) is 6.08 Å². The monoisotopic (exact) mass is 452 g/mol. The van der Waals surface area contributed by atoms with Gasteiger partial charge in [0.15, 0.2) is 11.5 Å². The number of methoxy groups -OCH3 is 4. The zero-order valence-electron chi connectivity index (χ0n) is 18.6. The number of nitrogens with one attached hydrogen (secondary N) is 2. The van der Waals surface area contributed by atoms with Crippen LogP contribution >= 0.6 is 0 Å². The molecule has 33 heavy (non-hydrogen) atoms. The molecule has 0 bridgehead atoms. The Hall–Kier alpha value is -4.40. The van der Waals surface area contributed by atoms with E-state index < -0.39 is 11.8 Å². The van der Waals surface area contributed by atoms with Gasteiger partial charge in [-0.3, -0.25) is 9.59 Å². The van der Waals surface area contributed by atoms with Gasteiger partial charge in [-0.15, -0.1) is 0 Å². The average Bonchev–Trinajstić information content (AvgIpc) is 3.36. The Morgan fingerprint density at radius 3 is 2.21 bits per heavy atom. The largest absolute Gasteiger partial charge is 0.497 e. The van der Waals surface area contributed by atoms with Gasteiger partial charge in [0.1, 0.15) is 23.0 Å². The minimum absolute atomic E-state index is 0.0467. The van der Waals surface area contributed by atoms with E-state index in [9.17, 15) is 9.59 Å². The highest BCUT2D eigenvalue weighted by Gasteiger charge is 2.19. The minimum Gasteiger partial charge on any atom is -0.497 e. The fourth-order valence-electron chi connectivity index (χ4n) is 2.95. The molecule has 0 saturated carbocycles. The summed E-state index contributed by atoms with van der Waals surface area (Å²) >= 11 is 0. The van der Waals surface area contributed by atoms with E-state index in [4.69, 9.17) is 23.4 Å². The van der Waals surface area contributed by atoms with Gasteiger partial charge in [0, 0.05) is 17.7 Å². The Kier molecular flexibility index (Phi) is 7.59. The second-order valence-corrected chi connectivity index (χ2v) is 6.62. The quantitative estimate of drug-likeness (QED) is 0.476. The van der Waals surface area contributed by atoms with Crippen LogP contribution in [0.2, 0.25) is 0 Å². The standard InChI is InChI=1S/C24H24N2O7/c1-29-16-8-10-20(30-2)18(13-16)25-24(28)19(14-17-6-5-11-33-17)26-23(27)15-7-9-21(31-3)22(12-15)32-4/h5-14H,1-4H3,(H,25,28)(H,26,27)/b19-14-. The number of anilines is 1. The Balaban J connectivity index is 1.90. The first-order valence-electron chi connectivity index (χ1n) is 9.81. The zero-order valence-corrected chi connectivity index (χ0v) is 18.6. The summed E-state index contributed by atoms with van der Waals surface area (Å²) in [4.78, 5) is 26.0. The zero-order chi connectivity index (χ0) is 23.8. The normalized spacial score (nSPS) is 10.8. The maximum Gasteiger partial charge on any atom is 0.272 e. The average molecular weight is 452 g/mol. The topological polar surface area (TPSA) is 108 Å². The fourth-order valence-corrected chi connectivity index (χ4v) is 2.95. The lowest BCUT2D eigenvalue weighted by atomic mass is 10.1. The van der Waals surface area contributed by atoms with Crippen LogP contribution in [0.15, 0.2) is 64.9 Å². The molecule has 2 amide bonds. The number of carbonyl (C=O) groups excluding carboxylic acids is 2. The molecule has 1 heterocycles. The van der Waals surface area contributed by atoms with Gasteiger partial charge in [0.05, 0.1) is 40.4 Å². The Labute approximate surface area is 190 Å². The number of carbonyl (C=O) groups is 2. The molecule has 0 atom stereocenters. The van der Waals surface area contributed by atoms with Crippen molar-refractivity contribution in [1.82, 2.24) is 5.32 Å². The molecule has 0 unspecified atom stereocenters. The summed E-state index contributed by atoms with van der Waals surface area (Å²) in [6.07, 6.45) is 2.88. The van der Waals surface area contributed by atoms with Crippen LogP contribution in [0.1, 0.15) is 16.1 Å². The third kappa shape index (κ3) is 5.65. The van der Waals surface area contributed by atoms with Crippen molar-refractivity contribution in [3.8, 4) is 23.0 Å². The summed E-state index contributed by atoms with van der Waals surface area (Å²) < 4.78 is 26.3. The Bertz CT molecular complexity index is 1150. The van der Waals surface area contributed by atoms with Gasteiger partial charge in [-0.25, -0.2) is 0 Å². The molecule has 9 heteroatoms. The molecule has 0 spiro atoms. The number of furan rings is 1. The number of hydrogen-bond acceptors (Lipinski definition) is 7. The minimum atomic E-state index is -0.591. The van der Waals surface area contributed by atoms with E-state index in [1.54, 1.807) is 42.5 Å². The van der Waals surface area contributed by atoms with Crippen molar-refractivity contribution in [2.75, 3.05) is 33.8 Å². The van der Waals surface area contributed by atoms with Crippen molar-refractivity contribution >= 4 is 23.6 Å². The molecular formula is C24H24N2O7. The first kappa shape index (κ1) is 23.3. The van der Waals surface area contributed by atoms with E-state index in [2.05, 4.69) is 10.6 Å². The summed E-state index contributed by atoms with van der Waals surface area (Å²) in [6, 6.07) is 13.0. The van der Waals surface area contributed by atoms with Gasteiger partial charge >= 0.3 is 0 Å². The molecule has 0 radical (unpaired) electrons. The molecule has 9 nitrogen and oxygen atoms in total. The number of amides is 2. The van der Waals surface area contributed by atoms with Gasteiger partial charge in [-0.1, -0.05) is 0 Å². The summed E-state index contributed by atoms with van der Waals surface area (Å²) in [5.74, 6) is 1.07. The highest BCUT2D eigenvalue weighted by Crippen LogP contribution is 2.30. The number of hydrogen-bond donors (Lipinski definition) is 2. The van der Waals surface area contributed by atoms with Crippen molar-refractivity contribution in [1.29, 1.82) is 0 Å². The molecule has 2 N–H and O–H groups in total. The summed E-state index contributed by atoms with van der Waals surface area (Å²) in [7, 11) is 5.96. The third-order valence-electron chi connectivity index (χ3n) is 4.62. The first-order chi connectivity index (χ1) is 16.0. The van der Waals surface area contributed by atoms with Crippen LogP contribution in [-0.2, 0) is 4.79 Å². The first-order valence-corrected chi connectivity index (χ1v) is 9.81. The Morgan fingerprint density at radius 2 is 1.58 bits per heavy atom. The molecule has 1 aromatic heterocycles. The lowest BCUT2D eigenvalue weighted by Gasteiger charge is -2.14. The SMILES string of the molecule is COc1ccc(OC)c(NC(=O)/C(=C/c2ccco2)NC(=O)c2ccc(OC)c(OC)c2)c1. The van der Waals surface area contributed by atoms with Gasteiger partial charge in [0.2, 0.25) is 0 Å². The lowest BCUT2D eigenvalue weighted by molar-refractivity contribution is -0.113. The molecule has 2 aromatic carbocycles. The van der Waals surface area contributed by atoms with E-state index in [1.165, 1.54) is 46.8 Å². The molecule has 3 rings (SSSR count). The second kappa shape index (κ2) is 10.8. The van der Waals surface area contributed by atoms with Crippen LogP contribution in [0.3, 0.4) is 0 Å².